The number of hydrogen-bond donors (Lipinski definition) is 1. The van der Waals surface area contributed by atoms with Gasteiger partial charge in [-0.25, -0.2) is 8.98 Å². The van der Waals surface area contributed by atoms with Crippen LogP contribution in [0.1, 0.15) is 71.6 Å². The van der Waals surface area contributed by atoms with Crippen molar-refractivity contribution in [2.24, 2.45) is 0 Å². The normalized spacial score (nSPS) is 13.1. The Morgan fingerprint density at radius 1 is 1.00 bits per heavy atom. The SMILES string of the molecule is CCCCCCCCCCOC(=O)C(CC)OS(=O)(=O)O. The maximum absolute atomic E-state index is 11.5. The fourth-order valence-corrected chi connectivity index (χ4v) is 2.43. The highest BCUT2D eigenvalue weighted by atomic mass is 32.3. The predicted molar refractivity (Wildman–Crippen MR) is 80.3 cm³/mol. The Bertz CT molecular complexity index is 366. The van der Waals surface area contributed by atoms with Gasteiger partial charge in [-0.05, 0) is 12.8 Å². The van der Waals surface area contributed by atoms with E-state index in [-0.39, 0.29) is 13.0 Å². The number of carbonyl (C=O) groups excluding carboxylic acids is 1. The van der Waals surface area contributed by atoms with Gasteiger partial charge in [0.2, 0.25) is 0 Å². The lowest BCUT2D eigenvalue weighted by Gasteiger charge is -2.12. The molecule has 1 N–H and O–H groups in total. The van der Waals surface area contributed by atoms with Crippen LogP contribution in [0.15, 0.2) is 0 Å². The molecule has 0 fully saturated rings. The topological polar surface area (TPSA) is 89.9 Å². The first kappa shape index (κ1) is 20.3. The molecule has 0 aliphatic heterocycles. The molecule has 0 saturated heterocycles. The summed E-state index contributed by atoms with van der Waals surface area (Å²) in [5, 5.41) is 0. The van der Waals surface area contributed by atoms with Crippen LogP contribution in [0.2, 0.25) is 0 Å². The number of unbranched alkanes of at least 4 members (excludes halogenated alkanes) is 7. The molecule has 0 aromatic carbocycles. The average molecular weight is 324 g/mol. The van der Waals surface area contributed by atoms with Gasteiger partial charge in [0, 0.05) is 0 Å². The number of ether oxygens (including phenoxy) is 1. The van der Waals surface area contributed by atoms with Crippen LogP contribution in [-0.2, 0) is 24.1 Å². The molecule has 1 unspecified atom stereocenters. The lowest BCUT2D eigenvalue weighted by Crippen LogP contribution is -2.28. The van der Waals surface area contributed by atoms with E-state index in [2.05, 4.69) is 11.1 Å². The van der Waals surface area contributed by atoms with Crippen molar-refractivity contribution in [2.75, 3.05) is 6.61 Å². The van der Waals surface area contributed by atoms with Gasteiger partial charge in [-0.2, -0.15) is 8.42 Å². The molecule has 0 spiro atoms. The van der Waals surface area contributed by atoms with E-state index < -0.39 is 22.5 Å². The zero-order chi connectivity index (χ0) is 16.1. The van der Waals surface area contributed by atoms with Crippen LogP contribution >= 0.6 is 0 Å². The summed E-state index contributed by atoms with van der Waals surface area (Å²) in [5.74, 6) is -0.752. The van der Waals surface area contributed by atoms with Gasteiger partial charge in [-0.15, -0.1) is 0 Å². The highest BCUT2D eigenvalue weighted by Gasteiger charge is 2.24. The maximum atomic E-state index is 11.5. The van der Waals surface area contributed by atoms with Crippen LogP contribution in [0.5, 0.6) is 0 Å². The molecule has 1 atom stereocenters. The van der Waals surface area contributed by atoms with Crippen molar-refractivity contribution in [1.82, 2.24) is 0 Å². The highest BCUT2D eigenvalue weighted by molar-refractivity contribution is 7.80. The number of esters is 1. The summed E-state index contributed by atoms with van der Waals surface area (Å²) in [5.41, 5.74) is 0. The second kappa shape index (κ2) is 11.9. The standard InChI is InChI=1S/C14H28O6S/c1-3-5-6-7-8-9-10-11-12-19-14(15)13(4-2)20-21(16,17)18/h13H,3-12H2,1-2H3,(H,16,17,18). The molecule has 0 saturated carbocycles. The molecule has 126 valence electrons. The highest BCUT2D eigenvalue weighted by Crippen LogP contribution is 2.09. The molecular weight excluding hydrogens is 296 g/mol. The number of rotatable bonds is 13. The average Bonchev–Trinajstić information content (AvgIpc) is 2.41. The molecule has 0 radical (unpaired) electrons. The second-order valence-electron chi connectivity index (χ2n) is 5.06. The molecular formula is C14H28O6S. The van der Waals surface area contributed by atoms with Gasteiger partial charge >= 0.3 is 16.4 Å². The first-order valence-electron chi connectivity index (χ1n) is 7.73. The lowest BCUT2D eigenvalue weighted by atomic mass is 10.1. The molecule has 21 heavy (non-hydrogen) atoms. The predicted octanol–water partition coefficient (Wildman–Crippen LogP) is 3.27. The third-order valence-corrected chi connectivity index (χ3v) is 3.59. The van der Waals surface area contributed by atoms with Gasteiger partial charge in [-0.3, -0.25) is 4.55 Å². The lowest BCUT2D eigenvalue weighted by molar-refractivity contribution is -0.152. The smallest absolute Gasteiger partial charge is 0.398 e. The Balaban J connectivity index is 3.64. The quantitative estimate of drug-likeness (QED) is 0.318. The van der Waals surface area contributed by atoms with Crippen molar-refractivity contribution in [1.29, 1.82) is 0 Å². The Morgan fingerprint density at radius 2 is 1.52 bits per heavy atom. The van der Waals surface area contributed by atoms with Crippen LogP contribution in [0.3, 0.4) is 0 Å². The van der Waals surface area contributed by atoms with E-state index in [0.29, 0.717) is 0 Å². The fourth-order valence-electron chi connectivity index (χ4n) is 1.92. The summed E-state index contributed by atoms with van der Waals surface area (Å²) in [6, 6.07) is 0. The molecule has 0 aromatic rings. The summed E-state index contributed by atoms with van der Waals surface area (Å²) in [6.45, 7) is 4.01. The van der Waals surface area contributed by atoms with Gasteiger partial charge < -0.3 is 4.74 Å². The molecule has 7 heteroatoms. The van der Waals surface area contributed by atoms with E-state index in [0.717, 1.165) is 19.3 Å². The van der Waals surface area contributed by atoms with Crippen molar-refractivity contribution < 1.29 is 26.7 Å². The van der Waals surface area contributed by atoms with E-state index in [1.54, 1.807) is 6.92 Å². The van der Waals surface area contributed by atoms with Crippen LogP contribution in [-0.4, -0.2) is 31.7 Å². The summed E-state index contributed by atoms with van der Waals surface area (Å²) < 4.78 is 38.8. The fraction of sp³-hybridized carbons (Fsp3) is 0.929. The van der Waals surface area contributed by atoms with Crippen molar-refractivity contribution in [3.8, 4) is 0 Å². The molecule has 0 aromatic heterocycles. The van der Waals surface area contributed by atoms with Crippen molar-refractivity contribution in [3.63, 3.8) is 0 Å². The second-order valence-corrected chi connectivity index (χ2v) is 6.11. The monoisotopic (exact) mass is 324 g/mol. The van der Waals surface area contributed by atoms with Crippen LogP contribution < -0.4 is 0 Å². The van der Waals surface area contributed by atoms with Gasteiger partial charge in [-0.1, -0.05) is 58.8 Å². The maximum Gasteiger partial charge on any atom is 0.398 e. The molecule has 0 aliphatic carbocycles. The van der Waals surface area contributed by atoms with E-state index in [9.17, 15) is 13.2 Å². The molecule has 6 nitrogen and oxygen atoms in total. The molecule has 0 rings (SSSR count). The summed E-state index contributed by atoms with van der Waals surface area (Å²) in [6.07, 6.45) is 7.92. The van der Waals surface area contributed by atoms with E-state index in [1.165, 1.54) is 32.1 Å². The third-order valence-electron chi connectivity index (χ3n) is 3.11. The Hall–Kier alpha value is -0.660. The van der Waals surface area contributed by atoms with E-state index in [4.69, 9.17) is 9.29 Å². The Kier molecular flexibility index (Phi) is 11.6. The molecule has 0 heterocycles. The Morgan fingerprint density at radius 3 is 2.00 bits per heavy atom. The van der Waals surface area contributed by atoms with E-state index >= 15 is 0 Å². The molecule has 0 amide bonds. The van der Waals surface area contributed by atoms with Crippen LogP contribution in [0.25, 0.3) is 0 Å². The zero-order valence-corrected chi connectivity index (χ0v) is 13.9. The third kappa shape index (κ3) is 12.8. The molecule has 0 aliphatic rings. The molecule has 0 bridgehead atoms. The minimum atomic E-state index is -4.63. The van der Waals surface area contributed by atoms with Gasteiger partial charge in [0.15, 0.2) is 6.10 Å². The number of carbonyl (C=O) groups is 1. The first-order valence-corrected chi connectivity index (χ1v) is 9.09. The van der Waals surface area contributed by atoms with Crippen LogP contribution in [0.4, 0.5) is 0 Å². The van der Waals surface area contributed by atoms with E-state index in [1.807, 2.05) is 0 Å². The minimum absolute atomic E-state index is 0.121. The zero-order valence-electron chi connectivity index (χ0n) is 13.0. The van der Waals surface area contributed by atoms with Gasteiger partial charge in [0.1, 0.15) is 0 Å². The van der Waals surface area contributed by atoms with Gasteiger partial charge in [0.05, 0.1) is 6.61 Å². The van der Waals surface area contributed by atoms with Crippen molar-refractivity contribution in [3.05, 3.63) is 0 Å². The minimum Gasteiger partial charge on any atom is -0.464 e. The Labute approximate surface area is 128 Å². The summed E-state index contributed by atoms with van der Waals surface area (Å²) >= 11 is 0. The van der Waals surface area contributed by atoms with Crippen molar-refractivity contribution in [2.45, 2.75) is 77.7 Å². The first-order chi connectivity index (χ1) is 9.90. The van der Waals surface area contributed by atoms with Crippen molar-refractivity contribution >= 4 is 16.4 Å². The number of hydrogen-bond acceptors (Lipinski definition) is 5. The largest absolute Gasteiger partial charge is 0.464 e. The van der Waals surface area contributed by atoms with Gasteiger partial charge in [0.25, 0.3) is 0 Å². The summed E-state index contributed by atoms with van der Waals surface area (Å²) in [4.78, 5) is 11.5. The summed E-state index contributed by atoms with van der Waals surface area (Å²) in [7, 11) is -4.63. The van der Waals surface area contributed by atoms with Crippen LogP contribution in [0, 0.1) is 0 Å².